The van der Waals surface area contributed by atoms with E-state index in [0.717, 1.165) is 17.7 Å². The highest BCUT2D eigenvalue weighted by Gasteiger charge is 2.10. The Kier molecular flexibility index (Phi) is 5.63. The predicted octanol–water partition coefficient (Wildman–Crippen LogP) is 1.94. The Morgan fingerprint density at radius 2 is 1.54 bits per heavy atom. The lowest BCUT2D eigenvalue weighted by Crippen LogP contribution is -2.23. The number of nitrogens with one attached hydrogen (secondary N) is 2. The standard InChI is InChI=1S/C16H16F2N2O3S/c1-19-24(22,23)10-12-4-2-11(3-5-12)9-20-16(21)13-6-14(17)8-15(18)7-13/h2-8,19H,9-10H2,1H3,(H,20,21). The van der Waals surface area contributed by atoms with E-state index in [1.165, 1.54) is 7.05 Å². The number of halogens is 2. The lowest BCUT2D eigenvalue weighted by Gasteiger charge is -2.07. The maximum absolute atomic E-state index is 13.1. The minimum atomic E-state index is -3.35. The van der Waals surface area contributed by atoms with Gasteiger partial charge in [-0.3, -0.25) is 4.79 Å². The van der Waals surface area contributed by atoms with Gasteiger partial charge in [0, 0.05) is 18.2 Å². The second-order valence-corrected chi connectivity index (χ2v) is 7.05. The molecule has 0 atom stereocenters. The molecule has 8 heteroatoms. The number of carbonyl (C=O) groups is 1. The average molecular weight is 354 g/mol. The van der Waals surface area contributed by atoms with E-state index in [1.807, 2.05) is 0 Å². The molecule has 128 valence electrons. The summed E-state index contributed by atoms with van der Waals surface area (Å²) in [7, 11) is -2.00. The normalized spacial score (nSPS) is 11.3. The molecule has 0 aliphatic rings. The number of hydrogen-bond acceptors (Lipinski definition) is 3. The Hall–Kier alpha value is -2.32. The van der Waals surface area contributed by atoms with E-state index < -0.39 is 27.6 Å². The van der Waals surface area contributed by atoms with Crippen LogP contribution in [0.2, 0.25) is 0 Å². The molecule has 2 N–H and O–H groups in total. The van der Waals surface area contributed by atoms with Crippen LogP contribution >= 0.6 is 0 Å². The van der Waals surface area contributed by atoms with Crippen molar-refractivity contribution in [3.63, 3.8) is 0 Å². The molecule has 0 saturated carbocycles. The van der Waals surface area contributed by atoms with E-state index in [2.05, 4.69) is 10.0 Å². The van der Waals surface area contributed by atoms with E-state index >= 15 is 0 Å². The van der Waals surface area contributed by atoms with E-state index in [-0.39, 0.29) is 17.9 Å². The summed E-state index contributed by atoms with van der Waals surface area (Å²) >= 11 is 0. The highest BCUT2D eigenvalue weighted by Crippen LogP contribution is 2.10. The molecule has 2 aromatic carbocycles. The molecule has 2 rings (SSSR count). The highest BCUT2D eigenvalue weighted by molar-refractivity contribution is 7.88. The van der Waals surface area contributed by atoms with Gasteiger partial charge in [0.1, 0.15) is 11.6 Å². The molecule has 0 bridgehead atoms. The molecule has 0 fully saturated rings. The molecule has 2 aromatic rings. The molecule has 0 saturated heterocycles. The fraction of sp³-hybridized carbons (Fsp3) is 0.188. The number of rotatable bonds is 6. The van der Waals surface area contributed by atoms with Crippen LogP contribution in [0.3, 0.4) is 0 Å². The van der Waals surface area contributed by atoms with Gasteiger partial charge in [0.25, 0.3) is 5.91 Å². The summed E-state index contributed by atoms with van der Waals surface area (Å²) in [6, 6.07) is 9.21. The lowest BCUT2D eigenvalue weighted by molar-refractivity contribution is 0.0950. The van der Waals surface area contributed by atoms with Crippen molar-refractivity contribution in [2.24, 2.45) is 0 Å². The molecule has 0 aliphatic carbocycles. The van der Waals surface area contributed by atoms with E-state index in [9.17, 15) is 22.0 Å². The first-order valence-electron chi connectivity index (χ1n) is 7.02. The first-order chi connectivity index (χ1) is 11.3. The van der Waals surface area contributed by atoms with Crippen LogP contribution in [-0.2, 0) is 22.3 Å². The summed E-state index contributed by atoms with van der Waals surface area (Å²) in [4.78, 5) is 11.9. The van der Waals surface area contributed by atoms with Gasteiger partial charge in [-0.2, -0.15) is 0 Å². The summed E-state index contributed by atoms with van der Waals surface area (Å²) in [6.07, 6.45) is 0. The Morgan fingerprint density at radius 3 is 2.08 bits per heavy atom. The van der Waals surface area contributed by atoms with Gasteiger partial charge >= 0.3 is 0 Å². The van der Waals surface area contributed by atoms with Gasteiger partial charge in [0.15, 0.2) is 0 Å². The summed E-state index contributed by atoms with van der Waals surface area (Å²) in [5, 5.41) is 2.55. The van der Waals surface area contributed by atoms with Crippen LogP contribution in [0.1, 0.15) is 21.5 Å². The van der Waals surface area contributed by atoms with Crippen molar-refractivity contribution in [1.29, 1.82) is 0 Å². The van der Waals surface area contributed by atoms with Crippen molar-refractivity contribution in [1.82, 2.24) is 10.0 Å². The van der Waals surface area contributed by atoms with Gasteiger partial charge in [-0.25, -0.2) is 21.9 Å². The van der Waals surface area contributed by atoms with Crippen LogP contribution in [0.15, 0.2) is 42.5 Å². The maximum Gasteiger partial charge on any atom is 0.251 e. The number of carbonyl (C=O) groups excluding carboxylic acids is 1. The van der Waals surface area contributed by atoms with Crippen LogP contribution in [0, 0.1) is 11.6 Å². The fourth-order valence-corrected chi connectivity index (χ4v) is 2.79. The summed E-state index contributed by atoms with van der Waals surface area (Å²) in [6.45, 7) is 0.149. The third-order valence-electron chi connectivity index (χ3n) is 3.27. The minimum Gasteiger partial charge on any atom is -0.348 e. The predicted molar refractivity (Wildman–Crippen MR) is 85.7 cm³/mol. The van der Waals surface area contributed by atoms with Crippen LogP contribution in [0.25, 0.3) is 0 Å². The molecular weight excluding hydrogens is 338 g/mol. The summed E-state index contributed by atoms with van der Waals surface area (Å²) in [5.41, 5.74) is 1.22. The molecule has 0 spiro atoms. The first kappa shape index (κ1) is 18.0. The lowest BCUT2D eigenvalue weighted by atomic mass is 10.1. The SMILES string of the molecule is CNS(=O)(=O)Cc1ccc(CNC(=O)c2cc(F)cc(F)c2)cc1. The van der Waals surface area contributed by atoms with Crippen molar-refractivity contribution in [3.05, 3.63) is 70.8 Å². The molecule has 0 aromatic heterocycles. The zero-order valence-electron chi connectivity index (χ0n) is 12.8. The van der Waals surface area contributed by atoms with Gasteiger partial charge in [0.2, 0.25) is 10.0 Å². The third kappa shape index (κ3) is 5.10. The molecule has 1 amide bonds. The third-order valence-corrected chi connectivity index (χ3v) is 4.60. The molecular formula is C16H16F2N2O3S. The zero-order chi connectivity index (χ0) is 17.7. The van der Waals surface area contributed by atoms with Crippen molar-refractivity contribution in [3.8, 4) is 0 Å². The monoisotopic (exact) mass is 354 g/mol. The molecule has 5 nitrogen and oxygen atoms in total. The average Bonchev–Trinajstić information content (AvgIpc) is 2.52. The smallest absolute Gasteiger partial charge is 0.251 e. The van der Waals surface area contributed by atoms with Gasteiger partial charge < -0.3 is 5.32 Å². The van der Waals surface area contributed by atoms with Crippen LogP contribution < -0.4 is 10.0 Å². The molecule has 0 radical (unpaired) electrons. The Balaban J connectivity index is 1.98. The van der Waals surface area contributed by atoms with Crippen molar-refractivity contribution >= 4 is 15.9 Å². The van der Waals surface area contributed by atoms with Crippen LogP contribution in [0.5, 0.6) is 0 Å². The topological polar surface area (TPSA) is 75.3 Å². The molecule has 24 heavy (non-hydrogen) atoms. The molecule has 0 unspecified atom stereocenters. The van der Waals surface area contributed by atoms with E-state index in [0.29, 0.717) is 11.6 Å². The zero-order valence-corrected chi connectivity index (χ0v) is 13.7. The summed E-state index contributed by atoms with van der Waals surface area (Å²) in [5.74, 6) is -2.39. The second kappa shape index (κ2) is 7.50. The fourth-order valence-electron chi connectivity index (χ4n) is 2.01. The van der Waals surface area contributed by atoms with Crippen molar-refractivity contribution in [2.45, 2.75) is 12.3 Å². The number of sulfonamides is 1. The van der Waals surface area contributed by atoms with Crippen molar-refractivity contribution in [2.75, 3.05) is 7.05 Å². The van der Waals surface area contributed by atoms with Gasteiger partial charge in [-0.15, -0.1) is 0 Å². The largest absolute Gasteiger partial charge is 0.348 e. The maximum atomic E-state index is 13.1. The quantitative estimate of drug-likeness (QED) is 0.833. The van der Waals surface area contributed by atoms with Gasteiger partial charge in [0.05, 0.1) is 5.75 Å². The van der Waals surface area contributed by atoms with Gasteiger partial charge in [-0.1, -0.05) is 24.3 Å². The highest BCUT2D eigenvalue weighted by atomic mass is 32.2. The van der Waals surface area contributed by atoms with Crippen LogP contribution in [0.4, 0.5) is 8.78 Å². The molecule has 0 aliphatic heterocycles. The Morgan fingerprint density at radius 1 is 1.00 bits per heavy atom. The van der Waals surface area contributed by atoms with E-state index in [4.69, 9.17) is 0 Å². The molecule has 0 heterocycles. The number of hydrogen-bond donors (Lipinski definition) is 2. The number of benzene rings is 2. The van der Waals surface area contributed by atoms with E-state index in [1.54, 1.807) is 24.3 Å². The Bertz CT molecular complexity index is 817. The second-order valence-electron chi connectivity index (χ2n) is 5.12. The number of amides is 1. The van der Waals surface area contributed by atoms with Crippen LogP contribution in [-0.4, -0.2) is 21.4 Å². The van der Waals surface area contributed by atoms with Crippen molar-refractivity contribution < 1.29 is 22.0 Å². The summed E-state index contributed by atoms with van der Waals surface area (Å²) < 4.78 is 51.3. The Labute approximate surface area is 138 Å². The van der Waals surface area contributed by atoms with Gasteiger partial charge in [-0.05, 0) is 30.3 Å². The minimum absolute atomic E-state index is 0.107. The first-order valence-corrected chi connectivity index (χ1v) is 8.67.